The molecule has 1 heterocycles. The molecule has 59 valence electrons. The first-order chi connectivity index (χ1) is 4.83. The van der Waals surface area contributed by atoms with Gasteiger partial charge in [-0.05, 0) is 24.7 Å². The van der Waals surface area contributed by atoms with E-state index >= 15 is 0 Å². The van der Waals surface area contributed by atoms with Gasteiger partial charge in [0.05, 0.1) is 0 Å². The SMILES string of the molecule is CCC1(CC)[CH]SSCC1. The van der Waals surface area contributed by atoms with Crippen molar-refractivity contribution in [3.8, 4) is 0 Å². The molecule has 1 rings (SSSR count). The van der Waals surface area contributed by atoms with Crippen LogP contribution in [0.2, 0.25) is 0 Å². The lowest BCUT2D eigenvalue weighted by molar-refractivity contribution is 0.329. The fraction of sp³-hybridized carbons (Fsp3) is 0.875. The van der Waals surface area contributed by atoms with E-state index in [0.717, 1.165) is 0 Å². The van der Waals surface area contributed by atoms with E-state index in [1.54, 1.807) is 0 Å². The van der Waals surface area contributed by atoms with E-state index in [1.807, 2.05) is 21.6 Å². The molecule has 1 aliphatic rings. The van der Waals surface area contributed by atoms with Crippen LogP contribution in [0.3, 0.4) is 0 Å². The summed E-state index contributed by atoms with van der Waals surface area (Å²) in [6.07, 6.45) is 4.02. The molecule has 0 amide bonds. The van der Waals surface area contributed by atoms with E-state index in [4.69, 9.17) is 0 Å². The quantitative estimate of drug-likeness (QED) is 0.586. The molecule has 10 heavy (non-hydrogen) atoms. The third-order valence-electron chi connectivity index (χ3n) is 2.46. The Balaban J connectivity index is 2.44. The van der Waals surface area contributed by atoms with Crippen molar-refractivity contribution in [1.82, 2.24) is 0 Å². The molecule has 0 aromatic heterocycles. The van der Waals surface area contributed by atoms with Crippen LogP contribution in [-0.2, 0) is 0 Å². The Bertz CT molecular complexity index is 89.4. The smallest absolute Gasteiger partial charge is 0.0340 e. The Kier molecular flexibility index (Phi) is 3.44. The van der Waals surface area contributed by atoms with Crippen molar-refractivity contribution in [3.63, 3.8) is 0 Å². The summed E-state index contributed by atoms with van der Waals surface area (Å²) in [6.45, 7) is 4.60. The minimum Gasteiger partial charge on any atom is -0.0938 e. The van der Waals surface area contributed by atoms with E-state index < -0.39 is 0 Å². The van der Waals surface area contributed by atoms with Crippen LogP contribution < -0.4 is 0 Å². The van der Waals surface area contributed by atoms with Crippen molar-refractivity contribution >= 4 is 21.6 Å². The summed E-state index contributed by atoms with van der Waals surface area (Å²) in [7, 11) is 3.93. The summed E-state index contributed by atoms with van der Waals surface area (Å²) < 4.78 is 0. The van der Waals surface area contributed by atoms with Crippen molar-refractivity contribution in [1.29, 1.82) is 0 Å². The highest BCUT2D eigenvalue weighted by atomic mass is 33.1. The largest absolute Gasteiger partial charge is 0.0938 e. The maximum absolute atomic E-state index is 2.45. The molecule has 0 aromatic carbocycles. The third-order valence-corrected chi connectivity index (χ3v) is 4.76. The van der Waals surface area contributed by atoms with Crippen LogP contribution in [0.25, 0.3) is 0 Å². The normalized spacial score (nSPS) is 24.6. The van der Waals surface area contributed by atoms with Crippen molar-refractivity contribution < 1.29 is 0 Å². The number of hydrogen-bond donors (Lipinski definition) is 0. The minimum absolute atomic E-state index is 0.579. The summed E-state index contributed by atoms with van der Waals surface area (Å²) in [5.41, 5.74) is 0.579. The zero-order valence-electron chi connectivity index (χ0n) is 6.72. The van der Waals surface area contributed by atoms with E-state index in [0.29, 0.717) is 5.41 Å². The monoisotopic (exact) mass is 175 g/mol. The second-order valence-electron chi connectivity index (χ2n) is 2.86. The van der Waals surface area contributed by atoms with Gasteiger partial charge in [0.2, 0.25) is 0 Å². The molecule has 1 radical (unpaired) electrons. The Hall–Kier alpha value is 0.700. The molecule has 0 atom stereocenters. The van der Waals surface area contributed by atoms with Gasteiger partial charge in [-0.3, -0.25) is 0 Å². The lowest BCUT2D eigenvalue weighted by Crippen LogP contribution is -2.21. The molecule has 0 unspecified atom stereocenters. The van der Waals surface area contributed by atoms with Crippen LogP contribution >= 0.6 is 21.6 Å². The van der Waals surface area contributed by atoms with Gasteiger partial charge < -0.3 is 0 Å². The Morgan fingerprint density at radius 2 is 2.10 bits per heavy atom. The summed E-state index contributed by atoms with van der Waals surface area (Å²) in [5.74, 6) is 3.78. The van der Waals surface area contributed by atoms with Crippen LogP contribution in [0.15, 0.2) is 0 Å². The highest BCUT2D eigenvalue weighted by Crippen LogP contribution is 2.48. The van der Waals surface area contributed by atoms with Crippen molar-refractivity contribution in [2.45, 2.75) is 33.1 Å². The third kappa shape index (κ3) is 1.85. The molecular weight excluding hydrogens is 160 g/mol. The van der Waals surface area contributed by atoms with E-state index in [1.165, 1.54) is 25.0 Å². The predicted octanol–water partition coefficient (Wildman–Crippen LogP) is 3.74. The van der Waals surface area contributed by atoms with Crippen LogP contribution in [0.5, 0.6) is 0 Å². The van der Waals surface area contributed by atoms with Gasteiger partial charge >= 0.3 is 0 Å². The Labute approximate surface area is 71.9 Å². The summed E-state index contributed by atoms with van der Waals surface area (Å²) in [4.78, 5) is 0. The van der Waals surface area contributed by atoms with Gasteiger partial charge in [0.15, 0.2) is 0 Å². The number of hydrogen-bond acceptors (Lipinski definition) is 2. The molecule has 0 bridgehead atoms. The van der Waals surface area contributed by atoms with Gasteiger partial charge in [0.1, 0.15) is 0 Å². The molecule has 0 spiro atoms. The molecule has 0 nitrogen and oxygen atoms in total. The molecule has 1 saturated heterocycles. The second kappa shape index (κ2) is 3.91. The summed E-state index contributed by atoms with van der Waals surface area (Å²) in [5, 5.41) is 0. The van der Waals surface area contributed by atoms with Crippen LogP contribution in [0.1, 0.15) is 33.1 Å². The van der Waals surface area contributed by atoms with Gasteiger partial charge in [-0.2, -0.15) is 0 Å². The molecule has 0 aromatic rings. The van der Waals surface area contributed by atoms with Gasteiger partial charge in [-0.15, -0.1) is 0 Å². The van der Waals surface area contributed by atoms with Crippen molar-refractivity contribution in [3.05, 3.63) is 5.75 Å². The van der Waals surface area contributed by atoms with Crippen LogP contribution in [0, 0.1) is 11.2 Å². The van der Waals surface area contributed by atoms with Crippen molar-refractivity contribution in [2.24, 2.45) is 5.41 Å². The maximum Gasteiger partial charge on any atom is 0.0340 e. The standard InChI is InChI=1S/C8H15S2/c1-3-8(4-2)5-6-9-10-7-8/h7H,3-6H2,1-2H3. The van der Waals surface area contributed by atoms with Gasteiger partial charge in [0.25, 0.3) is 0 Å². The first-order valence-electron chi connectivity index (χ1n) is 3.95. The summed E-state index contributed by atoms with van der Waals surface area (Å²) in [6, 6.07) is 0. The fourth-order valence-electron chi connectivity index (χ4n) is 1.26. The fourth-order valence-corrected chi connectivity index (χ4v) is 3.92. The maximum atomic E-state index is 2.45. The van der Waals surface area contributed by atoms with E-state index in [2.05, 4.69) is 19.6 Å². The van der Waals surface area contributed by atoms with Crippen LogP contribution in [-0.4, -0.2) is 5.75 Å². The van der Waals surface area contributed by atoms with Gasteiger partial charge in [-0.1, -0.05) is 35.4 Å². The zero-order chi connectivity index (χ0) is 7.45. The predicted molar refractivity (Wildman–Crippen MR) is 52.0 cm³/mol. The lowest BCUT2D eigenvalue weighted by Gasteiger charge is -2.33. The van der Waals surface area contributed by atoms with E-state index in [-0.39, 0.29) is 0 Å². The average Bonchev–Trinajstić information content (AvgIpc) is 2.06. The topological polar surface area (TPSA) is 0 Å². The molecule has 2 heteroatoms. The average molecular weight is 175 g/mol. The van der Waals surface area contributed by atoms with Gasteiger partial charge in [-0.25, -0.2) is 0 Å². The molecular formula is C8H15S2. The molecule has 0 aliphatic carbocycles. The highest BCUT2D eigenvalue weighted by molar-refractivity contribution is 8.77. The Morgan fingerprint density at radius 3 is 2.40 bits per heavy atom. The Morgan fingerprint density at radius 1 is 1.40 bits per heavy atom. The molecule has 1 fully saturated rings. The van der Waals surface area contributed by atoms with Crippen molar-refractivity contribution in [2.75, 3.05) is 5.75 Å². The lowest BCUT2D eigenvalue weighted by atomic mass is 9.82. The number of rotatable bonds is 2. The van der Waals surface area contributed by atoms with E-state index in [9.17, 15) is 0 Å². The van der Waals surface area contributed by atoms with Crippen LogP contribution in [0.4, 0.5) is 0 Å². The minimum atomic E-state index is 0.579. The zero-order valence-corrected chi connectivity index (χ0v) is 8.36. The summed E-state index contributed by atoms with van der Waals surface area (Å²) >= 11 is 0. The first-order valence-corrected chi connectivity index (χ1v) is 6.34. The molecule has 1 aliphatic heterocycles. The second-order valence-corrected chi connectivity index (χ2v) is 5.21. The first kappa shape index (κ1) is 8.79. The highest BCUT2D eigenvalue weighted by Gasteiger charge is 2.29. The van der Waals surface area contributed by atoms with Gasteiger partial charge in [0, 0.05) is 11.5 Å². The molecule has 0 saturated carbocycles. The molecule has 0 N–H and O–H groups in total.